The Morgan fingerprint density at radius 1 is 0.975 bits per heavy atom. The summed E-state index contributed by atoms with van der Waals surface area (Å²) < 4.78 is 29.2. The Kier molecular flexibility index (Phi) is 10.2. The SMILES string of the molecule is CC(C)CN(C[C@@H](O)[C@H](Cc1ccccc1)NC(=O)CCc1c[nH]c2ccccc12)S(=O)(=O)c1ccc(Br)cc1. The Bertz CT molecular complexity index is 1500. The zero-order valence-corrected chi connectivity index (χ0v) is 25.2. The van der Waals surface area contributed by atoms with Gasteiger partial charge in [0, 0.05) is 41.1 Å². The molecule has 9 heteroatoms. The molecular weight excluding hydrogens is 590 g/mol. The number of nitrogens with one attached hydrogen (secondary N) is 2. The van der Waals surface area contributed by atoms with Crippen molar-refractivity contribution in [3.63, 3.8) is 0 Å². The molecule has 0 unspecified atom stereocenters. The number of fused-ring (bicyclic) bond motifs is 1. The first-order chi connectivity index (χ1) is 19.1. The summed E-state index contributed by atoms with van der Waals surface area (Å²) in [7, 11) is -3.87. The first-order valence-electron chi connectivity index (χ1n) is 13.5. The number of rotatable bonds is 13. The second kappa shape index (κ2) is 13.6. The molecule has 7 nitrogen and oxygen atoms in total. The Hall–Kier alpha value is -2.98. The van der Waals surface area contributed by atoms with Gasteiger partial charge in [0.1, 0.15) is 0 Å². The Morgan fingerprint density at radius 2 is 1.65 bits per heavy atom. The molecule has 2 atom stereocenters. The lowest BCUT2D eigenvalue weighted by Crippen LogP contribution is -2.51. The van der Waals surface area contributed by atoms with Gasteiger partial charge in [-0.2, -0.15) is 4.31 Å². The molecule has 1 aromatic heterocycles. The molecule has 0 spiro atoms. The number of aliphatic hydroxyl groups is 1. The van der Waals surface area contributed by atoms with Crippen LogP contribution in [0.25, 0.3) is 10.9 Å². The summed E-state index contributed by atoms with van der Waals surface area (Å²) in [6.45, 7) is 3.97. The van der Waals surface area contributed by atoms with Gasteiger partial charge in [-0.25, -0.2) is 8.42 Å². The van der Waals surface area contributed by atoms with Crippen LogP contribution in [0, 0.1) is 5.92 Å². The van der Waals surface area contributed by atoms with Crippen LogP contribution < -0.4 is 5.32 Å². The molecule has 0 aliphatic carbocycles. The second-order valence-electron chi connectivity index (χ2n) is 10.5. The molecule has 212 valence electrons. The lowest BCUT2D eigenvalue weighted by atomic mass is 10.00. The van der Waals surface area contributed by atoms with E-state index in [0.717, 1.165) is 26.5 Å². The van der Waals surface area contributed by atoms with Crippen LogP contribution in [0.3, 0.4) is 0 Å². The first-order valence-corrected chi connectivity index (χ1v) is 15.7. The maximum absolute atomic E-state index is 13.6. The van der Waals surface area contributed by atoms with E-state index >= 15 is 0 Å². The molecule has 40 heavy (non-hydrogen) atoms. The lowest BCUT2D eigenvalue weighted by Gasteiger charge is -2.31. The standard InChI is InChI=1S/C31H36BrN3O4S/c1-22(2)20-35(40(38,39)26-15-13-25(32)14-16-26)21-30(36)29(18-23-8-4-3-5-9-23)34-31(37)17-12-24-19-33-28-11-7-6-10-27(24)28/h3-11,13-16,19,22,29-30,33,36H,12,17-18,20-21H2,1-2H3,(H,34,37)/t29-,30+/m0/s1. The van der Waals surface area contributed by atoms with Crippen LogP contribution >= 0.6 is 15.9 Å². The molecule has 1 heterocycles. The summed E-state index contributed by atoms with van der Waals surface area (Å²) in [5, 5.41) is 15.5. The van der Waals surface area contributed by atoms with Gasteiger partial charge in [0.2, 0.25) is 15.9 Å². The number of carbonyl (C=O) groups is 1. The molecule has 0 saturated carbocycles. The normalized spacial score (nSPS) is 13.6. The highest BCUT2D eigenvalue weighted by Crippen LogP contribution is 2.22. The maximum Gasteiger partial charge on any atom is 0.243 e. The molecule has 0 aliphatic rings. The highest BCUT2D eigenvalue weighted by molar-refractivity contribution is 9.10. The van der Waals surface area contributed by atoms with E-state index in [1.54, 1.807) is 24.3 Å². The van der Waals surface area contributed by atoms with E-state index in [4.69, 9.17) is 0 Å². The molecular formula is C31H36BrN3O4S. The van der Waals surface area contributed by atoms with Crippen molar-refractivity contribution in [2.24, 2.45) is 5.92 Å². The zero-order valence-electron chi connectivity index (χ0n) is 22.8. The summed E-state index contributed by atoms with van der Waals surface area (Å²) >= 11 is 3.35. The number of hydrogen-bond acceptors (Lipinski definition) is 4. The molecule has 0 bridgehead atoms. The summed E-state index contributed by atoms with van der Waals surface area (Å²) in [6, 6.07) is 23.3. The van der Waals surface area contributed by atoms with Gasteiger partial charge in [0.15, 0.2) is 0 Å². The van der Waals surface area contributed by atoms with E-state index < -0.39 is 22.2 Å². The highest BCUT2D eigenvalue weighted by atomic mass is 79.9. The fourth-order valence-electron chi connectivity index (χ4n) is 4.79. The average molecular weight is 627 g/mol. The number of halogens is 1. The summed E-state index contributed by atoms with van der Waals surface area (Å²) in [5.41, 5.74) is 3.01. The van der Waals surface area contributed by atoms with Crippen LogP contribution in [0.15, 0.2) is 94.4 Å². The smallest absolute Gasteiger partial charge is 0.243 e. The molecule has 3 aromatic carbocycles. The van der Waals surface area contributed by atoms with Crippen LogP contribution in [0.2, 0.25) is 0 Å². The number of amides is 1. The van der Waals surface area contributed by atoms with Crippen LogP contribution in [0.4, 0.5) is 0 Å². The quantitative estimate of drug-likeness (QED) is 0.188. The van der Waals surface area contributed by atoms with Gasteiger partial charge in [-0.1, -0.05) is 78.3 Å². The zero-order chi connectivity index (χ0) is 28.7. The van der Waals surface area contributed by atoms with Crippen molar-refractivity contribution in [3.8, 4) is 0 Å². The number of aromatic amines is 1. The topological polar surface area (TPSA) is 102 Å². The summed E-state index contributed by atoms with van der Waals surface area (Å²) in [5.74, 6) is -0.160. The molecule has 4 rings (SSSR count). The number of sulfonamides is 1. The van der Waals surface area contributed by atoms with Gasteiger partial charge < -0.3 is 15.4 Å². The van der Waals surface area contributed by atoms with E-state index in [1.807, 2.05) is 74.6 Å². The number of nitrogens with zero attached hydrogens (tertiary/aromatic N) is 1. The number of benzene rings is 3. The fraction of sp³-hybridized carbons (Fsp3) is 0.323. The van der Waals surface area contributed by atoms with Crippen molar-refractivity contribution >= 4 is 42.8 Å². The Morgan fingerprint density at radius 3 is 2.35 bits per heavy atom. The highest BCUT2D eigenvalue weighted by Gasteiger charge is 2.31. The van der Waals surface area contributed by atoms with E-state index in [2.05, 4.69) is 26.2 Å². The third-order valence-corrected chi connectivity index (χ3v) is 9.19. The van der Waals surface area contributed by atoms with E-state index in [1.165, 1.54) is 4.31 Å². The summed E-state index contributed by atoms with van der Waals surface area (Å²) in [4.78, 5) is 16.5. The van der Waals surface area contributed by atoms with Crippen molar-refractivity contribution in [3.05, 3.63) is 101 Å². The summed E-state index contributed by atoms with van der Waals surface area (Å²) in [6.07, 6.45) is 1.95. The van der Waals surface area contributed by atoms with Gasteiger partial charge in [-0.05, 0) is 60.2 Å². The van der Waals surface area contributed by atoms with Crippen LogP contribution in [-0.4, -0.2) is 54.0 Å². The minimum atomic E-state index is -3.87. The fourth-order valence-corrected chi connectivity index (χ4v) is 6.67. The van der Waals surface area contributed by atoms with E-state index in [0.29, 0.717) is 12.8 Å². The van der Waals surface area contributed by atoms with E-state index in [-0.39, 0.29) is 36.2 Å². The number of para-hydroxylation sites is 1. The molecule has 0 fully saturated rings. The predicted octanol–water partition coefficient (Wildman–Crippen LogP) is 5.30. The van der Waals surface area contributed by atoms with Crippen LogP contribution in [-0.2, 0) is 27.7 Å². The molecule has 4 aromatic rings. The monoisotopic (exact) mass is 625 g/mol. The number of carbonyl (C=O) groups excluding carboxylic acids is 1. The van der Waals surface area contributed by atoms with Gasteiger partial charge in [-0.15, -0.1) is 0 Å². The van der Waals surface area contributed by atoms with Crippen molar-refractivity contribution < 1.29 is 18.3 Å². The Balaban J connectivity index is 1.51. The largest absolute Gasteiger partial charge is 0.390 e. The number of aryl methyl sites for hydroxylation is 1. The maximum atomic E-state index is 13.6. The lowest BCUT2D eigenvalue weighted by molar-refractivity contribution is -0.122. The average Bonchev–Trinajstić information content (AvgIpc) is 3.35. The second-order valence-corrected chi connectivity index (χ2v) is 13.3. The Labute approximate surface area is 244 Å². The molecule has 0 radical (unpaired) electrons. The third kappa shape index (κ3) is 7.81. The van der Waals surface area contributed by atoms with Crippen molar-refractivity contribution in [2.45, 2.75) is 50.2 Å². The molecule has 0 aliphatic heterocycles. The van der Waals surface area contributed by atoms with Gasteiger partial charge >= 0.3 is 0 Å². The number of aliphatic hydroxyl groups excluding tert-OH is 1. The van der Waals surface area contributed by atoms with Gasteiger partial charge in [0.25, 0.3) is 0 Å². The number of hydrogen-bond donors (Lipinski definition) is 3. The van der Waals surface area contributed by atoms with Crippen molar-refractivity contribution in [2.75, 3.05) is 13.1 Å². The number of H-pyrrole nitrogens is 1. The van der Waals surface area contributed by atoms with Crippen LogP contribution in [0.1, 0.15) is 31.4 Å². The van der Waals surface area contributed by atoms with Crippen LogP contribution in [0.5, 0.6) is 0 Å². The van der Waals surface area contributed by atoms with Crippen molar-refractivity contribution in [1.29, 1.82) is 0 Å². The minimum absolute atomic E-state index is 0.0377. The first kappa shape index (κ1) is 30.0. The van der Waals surface area contributed by atoms with Gasteiger partial charge in [-0.3, -0.25) is 4.79 Å². The minimum Gasteiger partial charge on any atom is -0.390 e. The van der Waals surface area contributed by atoms with Crippen molar-refractivity contribution in [1.82, 2.24) is 14.6 Å². The third-order valence-electron chi connectivity index (χ3n) is 6.82. The number of aromatic nitrogens is 1. The van der Waals surface area contributed by atoms with Gasteiger partial charge in [0.05, 0.1) is 17.0 Å². The molecule has 0 saturated heterocycles. The molecule has 3 N–H and O–H groups in total. The molecule has 1 amide bonds. The predicted molar refractivity (Wildman–Crippen MR) is 162 cm³/mol. The van der Waals surface area contributed by atoms with E-state index in [9.17, 15) is 18.3 Å².